The third-order valence-corrected chi connectivity index (χ3v) is 3.36. The van der Waals surface area contributed by atoms with Gasteiger partial charge in [0.05, 0.1) is 5.75 Å². The third-order valence-electron chi connectivity index (χ3n) is 2.30. The molecule has 1 N–H and O–H groups in total. The van der Waals surface area contributed by atoms with Gasteiger partial charge in [-0.2, -0.15) is 18.2 Å². The minimum atomic E-state index is -3.33. The molecule has 6 heteroatoms. The number of hydrogen-bond acceptors (Lipinski definition) is 4. The number of rotatable bonds is 4. The Kier molecular flexibility index (Phi) is 7.64. The summed E-state index contributed by atoms with van der Waals surface area (Å²) >= 11 is 0. The molecule has 0 spiro atoms. The van der Waals surface area contributed by atoms with E-state index in [1.54, 1.807) is 6.92 Å². The zero-order valence-corrected chi connectivity index (χ0v) is 11.8. The van der Waals surface area contributed by atoms with E-state index in [0.717, 1.165) is 25.7 Å². The van der Waals surface area contributed by atoms with Crippen molar-refractivity contribution in [1.29, 1.82) is 0 Å². The van der Waals surface area contributed by atoms with E-state index < -0.39 is 10.1 Å². The molecule has 0 aromatic carbocycles. The van der Waals surface area contributed by atoms with Crippen molar-refractivity contribution in [3.63, 3.8) is 0 Å². The summed E-state index contributed by atoms with van der Waals surface area (Å²) < 4.78 is 26.6. The van der Waals surface area contributed by atoms with Gasteiger partial charge in [0.15, 0.2) is 0 Å². The zero-order valence-electron chi connectivity index (χ0n) is 9.95. The van der Waals surface area contributed by atoms with Gasteiger partial charge in [-0.15, -0.1) is 0 Å². The molecule has 80 valence electrons. The minimum absolute atomic E-state index is 0. The van der Waals surface area contributed by atoms with Crippen LogP contribution in [0.25, 0.3) is 0 Å². The first-order valence-corrected chi connectivity index (χ1v) is 6.38. The molecule has 1 aliphatic rings. The Morgan fingerprint density at radius 1 is 1.36 bits per heavy atom. The van der Waals surface area contributed by atoms with Crippen LogP contribution in [0.15, 0.2) is 0 Å². The first-order valence-electron chi connectivity index (χ1n) is 4.81. The second-order valence-corrected chi connectivity index (χ2v) is 5.24. The van der Waals surface area contributed by atoms with Gasteiger partial charge in [0.1, 0.15) is 0 Å². The summed E-state index contributed by atoms with van der Waals surface area (Å²) in [4.78, 5) is 0. The van der Waals surface area contributed by atoms with Crippen molar-refractivity contribution in [3.8, 4) is 0 Å². The fraction of sp³-hybridized carbons (Fsp3) is 1.00. The van der Waals surface area contributed by atoms with E-state index in [1.807, 2.05) is 0 Å². The van der Waals surface area contributed by atoms with Crippen LogP contribution >= 0.6 is 0 Å². The summed E-state index contributed by atoms with van der Waals surface area (Å²) in [5, 5.41) is 0. The molecule has 0 saturated heterocycles. The van der Waals surface area contributed by atoms with Gasteiger partial charge >= 0.3 is 29.6 Å². The summed E-state index contributed by atoms with van der Waals surface area (Å²) in [6.07, 6.45) is 5.59. The molecule has 0 heterocycles. The average Bonchev–Trinajstić information content (AvgIpc) is 2.17. The quantitative estimate of drug-likeness (QED) is 0.463. The van der Waals surface area contributed by atoms with Crippen LogP contribution in [-0.4, -0.2) is 20.2 Å². The summed E-state index contributed by atoms with van der Waals surface area (Å²) in [7, 11) is -3.33. The van der Waals surface area contributed by atoms with Crippen molar-refractivity contribution >= 4 is 10.1 Å². The van der Waals surface area contributed by atoms with Crippen LogP contribution in [-0.2, 0) is 14.4 Å². The maximum atomic E-state index is 11.0. The summed E-state index contributed by atoms with van der Waals surface area (Å²) in [5.74, 6) is 0.0206. The van der Waals surface area contributed by atoms with E-state index in [1.165, 1.54) is 6.42 Å². The molecular formula is C8H18NNaO3S. The van der Waals surface area contributed by atoms with Crippen LogP contribution in [0.2, 0.25) is 0 Å². The second kappa shape index (κ2) is 7.19. The van der Waals surface area contributed by atoms with E-state index in [-0.39, 0.29) is 42.8 Å². The summed E-state index contributed by atoms with van der Waals surface area (Å²) in [6, 6.07) is 0.218. The number of nitrogens with one attached hydrogen (secondary N) is 1. The van der Waals surface area contributed by atoms with E-state index in [9.17, 15) is 8.42 Å². The molecule has 1 fully saturated rings. The largest absolute Gasteiger partial charge is 1.00 e. The number of hydroxylamine groups is 1. The summed E-state index contributed by atoms with van der Waals surface area (Å²) in [5.41, 5.74) is 2.62. The van der Waals surface area contributed by atoms with Crippen molar-refractivity contribution in [1.82, 2.24) is 5.48 Å². The van der Waals surface area contributed by atoms with Gasteiger partial charge in [-0.05, 0) is 19.8 Å². The van der Waals surface area contributed by atoms with Crippen LogP contribution in [0.1, 0.15) is 40.5 Å². The van der Waals surface area contributed by atoms with Crippen LogP contribution in [0, 0.1) is 0 Å². The molecule has 0 radical (unpaired) electrons. The molecule has 0 aromatic rings. The van der Waals surface area contributed by atoms with Gasteiger partial charge in [0.2, 0.25) is 0 Å². The van der Waals surface area contributed by atoms with Crippen molar-refractivity contribution < 1.29 is 43.7 Å². The Hall–Kier alpha value is 0.870. The summed E-state index contributed by atoms with van der Waals surface area (Å²) in [6.45, 7) is 1.57. The molecular weight excluding hydrogens is 213 g/mol. The van der Waals surface area contributed by atoms with Crippen LogP contribution < -0.4 is 35.0 Å². The molecule has 0 atom stereocenters. The van der Waals surface area contributed by atoms with Gasteiger partial charge in [-0.25, -0.2) is 0 Å². The van der Waals surface area contributed by atoms with Gasteiger partial charge in [-0.1, -0.05) is 19.3 Å². The molecule has 0 amide bonds. The minimum Gasteiger partial charge on any atom is -1.00 e. The molecule has 1 saturated carbocycles. The Labute approximate surface area is 110 Å². The van der Waals surface area contributed by atoms with E-state index in [0.29, 0.717) is 0 Å². The van der Waals surface area contributed by atoms with Crippen molar-refractivity contribution in [2.24, 2.45) is 0 Å². The maximum Gasteiger partial charge on any atom is 1.00 e. The van der Waals surface area contributed by atoms with Crippen molar-refractivity contribution in [2.45, 2.75) is 45.1 Å². The van der Waals surface area contributed by atoms with E-state index in [4.69, 9.17) is 0 Å². The molecule has 0 unspecified atom stereocenters. The molecule has 0 aromatic heterocycles. The molecule has 4 nitrogen and oxygen atoms in total. The fourth-order valence-electron chi connectivity index (χ4n) is 1.42. The van der Waals surface area contributed by atoms with Gasteiger partial charge < -0.3 is 1.43 Å². The van der Waals surface area contributed by atoms with Gasteiger partial charge in [-0.3, -0.25) is 0 Å². The van der Waals surface area contributed by atoms with E-state index >= 15 is 0 Å². The molecule has 0 bridgehead atoms. The zero-order chi connectivity index (χ0) is 9.73. The Bertz CT molecular complexity index is 242. The first kappa shape index (κ1) is 14.9. The van der Waals surface area contributed by atoms with Crippen molar-refractivity contribution in [3.05, 3.63) is 0 Å². The van der Waals surface area contributed by atoms with Crippen molar-refractivity contribution in [2.75, 3.05) is 5.75 Å². The topological polar surface area (TPSA) is 55.4 Å². The monoisotopic (exact) mass is 231 g/mol. The van der Waals surface area contributed by atoms with Crippen LogP contribution in [0.3, 0.4) is 0 Å². The van der Waals surface area contributed by atoms with Crippen LogP contribution in [0.5, 0.6) is 0 Å². The first-order chi connectivity index (χ1) is 6.14. The van der Waals surface area contributed by atoms with Crippen LogP contribution in [0.4, 0.5) is 0 Å². The molecule has 14 heavy (non-hydrogen) atoms. The molecule has 1 aliphatic carbocycles. The second-order valence-electron chi connectivity index (χ2n) is 3.38. The van der Waals surface area contributed by atoms with Gasteiger partial charge in [0, 0.05) is 6.04 Å². The molecule has 0 aliphatic heterocycles. The maximum absolute atomic E-state index is 11.0. The average molecular weight is 231 g/mol. The number of hydrogen-bond donors (Lipinski definition) is 1. The third kappa shape index (κ3) is 5.68. The smallest absolute Gasteiger partial charge is 1.00 e. The normalized spacial score (nSPS) is 18.9. The van der Waals surface area contributed by atoms with E-state index in [2.05, 4.69) is 9.76 Å². The Morgan fingerprint density at radius 2 is 1.93 bits per heavy atom. The SMILES string of the molecule is CCS(=O)(=O)ONC1CCCCC1.[H-].[Na+]. The Balaban J connectivity index is 0. The predicted octanol–water partition coefficient (Wildman–Crippen LogP) is -1.69. The molecule has 1 rings (SSSR count). The fourth-order valence-corrected chi connectivity index (χ4v) is 1.82. The standard InChI is InChI=1S/C8H17NO3S.Na.H/c1-2-13(10,11)12-9-8-6-4-3-5-7-8;;/h8-9H,2-7H2,1H3;;/q;+1;-1. The Morgan fingerprint density at radius 3 is 2.43 bits per heavy atom. The predicted molar refractivity (Wildman–Crippen MR) is 51.7 cm³/mol. The van der Waals surface area contributed by atoms with Gasteiger partial charge in [0.25, 0.3) is 10.1 Å².